The fourth-order valence-electron chi connectivity index (χ4n) is 4.32. The number of amides is 3. The molecule has 218 valence electrons. The molecule has 0 unspecified atom stereocenters. The molecule has 1 aromatic heterocycles. The zero-order valence-electron chi connectivity index (χ0n) is 22.8. The monoisotopic (exact) mass is 572 g/mol. The summed E-state index contributed by atoms with van der Waals surface area (Å²) in [6, 6.07) is 9.99. The van der Waals surface area contributed by atoms with Gasteiger partial charge in [0.15, 0.2) is 0 Å². The Morgan fingerprint density at radius 2 is 1.68 bits per heavy atom. The third-order valence-electron chi connectivity index (χ3n) is 6.71. The van der Waals surface area contributed by atoms with Crippen LogP contribution in [0.25, 0.3) is 0 Å². The maximum atomic E-state index is 14.0. The molecule has 1 saturated heterocycles. The van der Waals surface area contributed by atoms with E-state index in [1.807, 2.05) is 11.9 Å². The Hall–Kier alpha value is -4.43. The predicted molar refractivity (Wildman–Crippen MR) is 150 cm³/mol. The van der Waals surface area contributed by atoms with Crippen molar-refractivity contribution in [1.29, 1.82) is 0 Å². The number of anilines is 5. The molecule has 0 radical (unpaired) electrons. The standard InChI is InChI=1S/C27H31F3N8O3/c1-17-4-6-20(13-22(17)34-25(39)37(3)24-14-23(31-16-32-24)35-26(40)41)33-19-7-5-18(21(12-19)27(28,29)30)15-38-10-8-36(2)9-11-38/h4-7,12-14,16,33H,8-11,15H2,1-3H3,(H,34,39)(H,40,41)(H,31,32,35). The zero-order chi connectivity index (χ0) is 29.7. The highest BCUT2D eigenvalue weighted by Gasteiger charge is 2.34. The van der Waals surface area contributed by atoms with Crippen LogP contribution in [0.15, 0.2) is 48.8 Å². The molecule has 4 N–H and O–H groups in total. The van der Waals surface area contributed by atoms with E-state index >= 15 is 0 Å². The minimum absolute atomic E-state index is 0.00250. The Labute approximate surface area is 235 Å². The van der Waals surface area contributed by atoms with E-state index in [0.29, 0.717) is 30.0 Å². The number of likely N-dealkylation sites (N-methyl/N-ethyl adjacent to an activating group) is 1. The number of aryl methyl sites for hydroxylation is 1. The van der Waals surface area contributed by atoms with E-state index in [4.69, 9.17) is 5.11 Å². The highest BCUT2D eigenvalue weighted by atomic mass is 19.4. The second-order valence-electron chi connectivity index (χ2n) is 9.78. The average molecular weight is 573 g/mol. The number of rotatable bonds is 7. The normalized spacial score (nSPS) is 14.4. The fraction of sp³-hybridized carbons (Fsp3) is 0.333. The van der Waals surface area contributed by atoms with E-state index in [9.17, 15) is 22.8 Å². The SMILES string of the molecule is Cc1ccc(Nc2ccc(CN3CCN(C)CC3)c(C(F)(F)F)c2)cc1NC(=O)N(C)c1cc(NC(=O)O)ncn1. The highest BCUT2D eigenvalue weighted by Crippen LogP contribution is 2.35. The first-order valence-corrected chi connectivity index (χ1v) is 12.7. The van der Waals surface area contributed by atoms with E-state index in [1.54, 1.807) is 31.2 Å². The molecule has 0 atom stereocenters. The lowest BCUT2D eigenvalue weighted by atomic mass is 10.0. The molecular weight excluding hydrogens is 541 g/mol. The number of hydrogen-bond donors (Lipinski definition) is 4. The third kappa shape index (κ3) is 7.83. The Morgan fingerprint density at radius 1 is 1.00 bits per heavy atom. The lowest BCUT2D eigenvalue weighted by Gasteiger charge is -2.33. The lowest BCUT2D eigenvalue weighted by molar-refractivity contribution is -0.138. The first-order valence-electron chi connectivity index (χ1n) is 12.7. The Kier molecular flexibility index (Phi) is 8.93. The molecule has 3 amide bonds. The molecule has 0 saturated carbocycles. The molecule has 2 heterocycles. The lowest BCUT2D eigenvalue weighted by Crippen LogP contribution is -2.44. The summed E-state index contributed by atoms with van der Waals surface area (Å²) in [6.45, 7) is 5.03. The van der Waals surface area contributed by atoms with Crippen molar-refractivity contribution < 1.29 is 27.9 Å². The van der Waals surface area contributed by atoms with Crippen molar-refractivity contribution in [3.05, 3.63) is 65.5 Å². The van der Waals surface area contributed by atoms with Crippen LogP contribution >= 0.6 is 0 Å². The van der Waals surface area contributed by atoms with Gasteiger partial charge in [0.1, 0.15) is 18.0 Å². The van der Waals surface area contributed by atoms with E-state index in [1.165, 1.54) is 24.1 Å². The number of halogens is 3. The molecule has 1 aliphatic rings. The van der Waals surface area contributed by atoms with Crippen LogP contribution < -0.4 is 20.9 Å². The van der Waals surface area contributed by atoms with Gasteiger partial charge in [-0.2, -0.15) is 13.2 Å². The Morgan fingerprint density at radius 3 is 2.37 bits per heavy atom. The van der Waals surface area contributed by atoms with Gasteiger partial charge in [0, 0.05) is 62.9 Å². The van der Waals surface area contributed by atoms with Gasteiger partial charge in [-0.05, 0) is 49.4 Å². The van der Waals surface area contributed by atoms with Gasteiger partial charge in [-0.25, -0.2) is 19.6 Å². The van der Waals surface area contributed by atoms with Crippen LogP contribution in [0.4, 0.5) is 51.5 Å². The molecule has 11 nitrogen and oxygen atoms in total. The number of nitrogens with zero attached hydrogens (tertiary/aromatic N) is 5. The third-order valence-corrected chi connectivity index (χ3v) is 6.71. The van der Waals surface area contributed by atoms with Gasteiger partial charge in [-0.1, -0.05) is 12.1 Å². The van der Waals surface area contributed by atoms with E-state index in [-0.39, 0.29) is 29.4 Å². The number of urea groups is 1. The Balaban J connectivity index is 1.49. The summed E-state index contributed by atoms with van der Waals surface area (Å²) >= 11 is 0. The largest absolute Gasteiger partial charge is 0.465 e. The fourth-order valence-corrected chi connectivity index (χ4v) is 4.32. The summed E-state index contributed by atoms with van der Waals surface area (Å²) in [7, 11) is 3.44. The van der Waals surface area contributed by atoms with Crippen LogP contribution in [0.1, 0.15) is 16.7 Å². The van der Waals surface area contributed by atoms with Crippen molar-refractivity contribution in [3.63, 3.8) is 0 Å². The smallest absolute Gasteiger partial charge is 0.416 e. The molecule has 1 fully saturated rings. The second kappa shape index (κ2) is 12.4. The number of piperazine rings is 1. The van der Waals surface area contributed by atoms with Crippen LogP contribution in [0.2, 0.25) is 0 Å². The van der Waals surface area contributed by atoms with Crippen molar-refractivity contribution in [3.8, 4) is 0 Å². The van der Waals surface area contributed by atoms with E-state index < -0.39 is 23.9 Å². The number of hydrogen-bond acceptors (Lipinski definition) is 7. The van der Waals surface area contributed by atoms with Crippen molar-refractivity contribution in [2.75, 3.05) is 61.1 Å². The first kappa shape index (κ1) is 29.6. The first-order chi connectivity index (χ1) is 19.4. The molecule has 41 heavy (non-hydrogen) atoms. The molecule has 14 heteroatoms. The van der Waals surface area contributed by atoms with Gasteiger partial charge in [-0.3, -0.25) is 15.1 Å². The number of aromatic nitrogens is 2. The number of carboxylic acid groups (broad SMARTS) is 1. The molecular formula is C27H31F3N8O3. The molecule has 0 aliphatic carbocycles. The molecule has 0 spiro atoms. The summed E-state index contributed by atoms with van der Waals surface area (Å²) in [4.78, 5) is 36.9. The number of carbonyl (C=O) groups is 2. The van der Waals surface area contributed by atoms with Crippen LogP contribution in [0.3, 0.4) is 0 Å². The Bertz CT molecular complexity index is 1410. The molecule has 4 rings (SSSR count). The van der Waals surface area contributed by atoms with E-state index in [0.717, 1.165) is 25.5 Å². The molecule has 3 aromatic rings. The minimum Gasteiger partial charge on any atom is -0.465 e. The summed E-state index contributed by atoms with van der Waals surface area (Å²) in [5, 5.41) is 16.7. The van der Waals surface area contributed by atoms with Gasteiger partial charge in [-0.15, -0.1) is 0 Å². The van der Waals surface area contributed by atoms with Crippen LogP contribution in [-0.2, 0) is 12.7 Å². The van der Waals surface area contributed by atoms with Gasteiger partial charge in [0.2, 0.25) is 0 Å². The molecule has 1 aliphatic heterocycles. The van der Waals surface area contributed by atoms with Gasteiger partial charge in [0.05, 0.1) is 5.56 Å². The van der Waals surface area contributed by atoms with Gasteiger partial charge >= 0.3 is 18.3 Å². The molecule has 2 aromatic carbocycles. The predicted octanol–water partition coefficient (Wildman–Crippen LogP) is 5.05. The van der Waals surface area contributed by atoms with Crippen molar-refractivity contribution in [2.45, 2.75) is 19.6 Å². The summed E-state index contributed by atoms with van der Waals surface area (Å²) < 4.78 is 42.0. The van der Waals surface area contributed by atoms with E-state index in [2.05, 4.69) is 30.8 Å². The highest BCUT2D eigenvalue weighted by molar-refractivity contribution is 6.01. The van der Waals surface area contributed by atoms with Crippen LogP contribution in [0, 0.1) is 6.92 Å². The summed E-state index contributed by atoms with van der Waals surface area (Å²) in [5.74, 6) is 0.141. The summed E-state index contributed by atoms with van der Waals surface area (Å²) in [5.41, 5.74) is 1.41. The van der Waals surface area contributed by atoms with Crippen molar-refractivity contribution in [1.82, 2.24) is 19.8 Å². The maximum Gasteiger partial charge on any atom is 0.416 e. The van der Waals surface area contributed by atoms with Crippen LogP contribution in [-0.4, -0.2) is 77.3 Å². The number of carbonyl (C=O) groups excluding carboxylic acids is 1. The van der Waals surface area contributed by atoms with Gasteiger partial charge < -0.3 is 20.6 Å². The van der Waals surface area contributed by atoms with Crippen molar-refractivity contribution in [2.24, 2.45) is 0 Å². The zero-order valence-corrected chi connectivity index (χ0v) is 22.8. The molecule has 0 bridgehead atoms. The number of alkyl halides is 3. The number of benzene rings is 2. The minimum atomic E-state index is -4.52. The van der Waals surface area contributed by atoms with Crippen molar-refractivity contribution >= 4 is 40.8 Å². The van der Waals surface area contributed by atoms with Crippen LogP contribution in [0.5, 0.6) is 0 Å². The number of nitrogens with one attached hydrogen (secondary N) is 3. The second-order valence-corrected chi connectivity index (χ2v) is 9.78. The topological polar surface area (TPSA) is 126 Å². The maximum absolute atomic E-state index is 14.0. The van der Waals surface area contributed by atoms with Gasteiger partial charge in [0.25, 0.3) is 0 Å². The average Bonchev–Trinajstić information content (AvgIpc) is 2.91. The summed E-state index contributed by atoms with van der Waals surface area (Å²) in [6.07, 6.45) is -4.71. The quantitative estimate of drug-likeness (QED) is 0.310.